The van der Waals surface area contributed by atoms with Crippen LogP contribution in [0.25, 0.3) is 5.69 Å². The van der Waals surface area contributed by atoms with E-state index in [1.54, 1.807) is 6.07 Å². The highest BCUT2D eigenvalue weighted by molar-refractivity contribution is 5.98. The fourth-order valence-electron chi connectivity index (χ4n) is 3.97. The molecule has 2 aliphatic rings. The first kappa shape index (κ1) is 18.4. The van der Waals surface area contributed by atoms with Crippen LogP contribution < -0.4 is 9.47 Å². The summed E-state index contributed by atoms with van der Waals surface area (Å²) in [6, 6.07) is 6.32. The van der Waals surface area contributed by atoms with Crippen LogP contribution >= 0.6 is 0 Å². The Morgan fingerprint density at radius 1 is 1.11 bits per heavy atom. The summed E-state index contributed by atoms with van der Waals surface area (Å²) < 4.78 is 13.1. The number of aromatic nitrogens is 1. The maximum atomic E-state index is 13.1. The zero-order valence-electron chi connectivity index (χ0n) is 15.7. The Bertz CT molecular complexity index is 950. The van der Waals surface area contributed by atoms with Gasteiger partial charge in [-0.1, -0.05) is 0 Å². The molecular formula is C20H22N2O6. The van der Waals surface area contributed by atoms with Crippen LogP contribution in [0.2, 0.25) is 0 Å². The third-order valence-electron chi connectivity index (χ3n) is 5.27. The van der Waals surface area contributed by atoms with Gasteiger partial charge in [0, 0.05) is 36.1 Å². The van der Waals surface area contributed by atoms with E-state index in [1.807, 2.05) is 36.6 Å². The summed E-state index contributed by atoms with van der Waals surface area (Å²) in [7, 11) is 0. The number of aryl methyl sites for hydroxylation is 1. The largest absolute Gasteiger partial charge is 0.486 e. The summed E-state index contributed by atoms with van der Waals surface area (Å²) in [4.78, 5) is 25.8. The Morgan fingerprint density at radius 3 is 2.54 bits per heavy atom. The molecule has 3 heterocycles. The molecule has 2 N–H and O–H groups in total. The van der Waals surface area contributed by atoms with Crippen molar-refractivity contribution in [1.29, 1.82) is 0 Å². The van der Waals surface area contributed by atoms with Crippen molar-refractivity contribution < 1.29 is 29.3 Å². The third kappa shape index (κ3) is 2.99. The summed E-state index contributed by atoms with van der Waals surface area (Å²) in [5.41, 5.74) is 2.79. The number of nitrogens with zero attached hydrogens (tertiary/aromatic N) is 2. The number of aliphatic hydroxyl groups excluding tert-OH is 1. The lowest BCUT2D eigenvalue weighted by molar-refractivity contribution is -0.141. The molecule has 1 saturated heterocycles. The summed E-state index contributed by atoms with van der Waals surface area (Å²) in [6.07, 6.45) is -0.784. The predicted octanol–water partition coefficient (Wildman–Crippen LogP) is 1.53. The smallest absolute Gasteiger partial charge is 0.326 e. The van der Waals surface area contributed by atoms with E-state index in [0.717, 1.165) is 11.4 Å². The number of hydrogen-bond acceptors (Lipinski definition) is 5. The van der Waals surface area contributed by atoms with Gasteiger partial charge in [0.05, 0.1) is 11.7 Å². The molecule has 2 atom stereocenters. The lowest BCUT2D eigenvalue weighted by atomic mass is 10.1. The number of β-amino-alcohol motifs (C(OH)–C–C–N with tert-alkyl or cyclic N) is 1. The Labute approximate surface area is 161 Å². The van der Waals surface area contributed by atoms with Gasteiger partial charge in [-0.3, -0.25) is 4.79 Å². The number of carboxylic acids is 1. The van der Waals surface area contributed by atoms with Crippen LogP contribution in [0, 0.1) is 13.8 Å². The van der Waals surface area contributed by atoms with Gasteiger partial charge < -0.3 is 29.2 Å². The van der Waals surface area contributed by atoms with Gasteiger partial charge in [0.25, 0.3) is 5.91 Å². The maximum absolute atomic E-state index is 13.1. The van der Waals surface area contributed by atoms with Crippen LogP contribution in [0.4, 0.5) is 0 Å². The fourth-order valence-corrected chi connectivity index (χ4v) is 3.97. The normalized spacial score (nSPS) is 21.0. The summed E-state index contributed by atoms with van der Waals surface area (Å²) in [5.74, 6) is -0.159. The maximum Gasteiger partial charge on any atom is 0.326 e. The highest BCUT2D eigenvalue weighted by Gasteiger charge is 2.40. The minimum Gasteiger partial charge on any atom is -0.486 e. The Morgan fingerprint density at radius 2 is 1.82 bits per heavy atom. The number of amides is 1. The van der Waals surface area contributed by atoms with Crippen molar-refractivity contribution >= 4 is 11.9 Å². The average molecular weight is 386 g/mol. The van der Waals surface area contributed by atoms with Crippen molar-refractivity contribution in [2.45, 2.75) is 32.4 Å². The lowest BCUT2D eigenvalue weighted by Crippen LogP contribution is -2.40. The molecule has 0 unspecified atom stereocenters. The number of benzene rings is 1. The van der Waals surface area contributed by atoms with Crippen LogP contribution in [-0.2, 0) is 4.79 Å². The molecule has 2 aliphatic heterocycles. The number of carbonyl (C=O) groups excluding carboxylic acids is 1. The van der Waals surface area contributed by atoms with E-state index in [4.69, 9.17) is 9.47 Å². The van der Waals surface area contributed by atoms with E-state index < -0.39 is 18.1 Å². The highest BCUT2D eigenvalue weighted by atomic mass is 16.6. The van der Waals surface area contributed by atoms with Gasteiger partial charge >= 0.3 is 5.97 Å². The van der Waals surface area contributed by atoms with Crippen LogP contribution in [0.3, 0.4) is 0 Å². The molecule has 0 aliphatic carbocycles. The highest BCUT2D eigenvalue weighted by Crippen LogP contribution is 2.34. The molecule has 2 aromatic rings. The van der Waals surface area contributed by atoms with Gasteiger partial charge in [-0.05, 0) is 32.0 Å². The Kier molecular flexibility index (Phi) is 4.50. The topological polar surface area (TPSA) is 101 Å². The number of likely N-dealkylation sites (tertiary alicyclic amines) is 1. The summed E-state index contributed by atoms with van der Waals surface area (Å²) in [6.45, 7) is 4.72. The second kappa shape index (κ2) is 6.87. The zero-order valence-corrected chi connectivity index (χ0v) is 15.7. The van der Waals surface area contributed by atoms with E-state index in [2.05, 4.69) is 0 Å². The number of fused-ring (bicyclic) bond motifs is 1. The number of rotatable bonds is 3. The molecule has 1 fully saturated rings. The quantitative estimate of drug-likeness (QED) is 0.830. The average Bonchev–Trinajstić information content (AvgIpc) is 3.20. The third-order valence-corrected chi connectivity index (χ3v) is 5.27. The van der Waals surface area contributed by atoms with Crippen molar-refractivity contribution in [3.8, 4) is 17.2 Å². The first-order chi connectivity index (χ1) is 13.4. The van der Waals surface area contributed by atoms with E-state index in [9.17, 15) is 19.8 Å². The number of ether oxygens (including phenoxy) is 2. The SMILES string of the molecule is Cc1cc(C(=O)N2C[C@@H](O)C[C@H]2C(=O)O)c(C)n1-c1ccc2c(c1)OCCO2. The Balaban J connectivity index is 1.70. The number of carboxylic acid groups (broad SMARTS) is 1. The van der Waals surface area contributed by atoms with Gasteiger partial charge in [0.15, 0.2) is 11.5 Å². The van der Waals surface area contributed by atoms with E-state index >= 15 is 0 Å². The molecule has 148 valence electrons. The number of carbonyl (C=O) groups is 2. The van der Waals surface area contributed by atoms with Crippen molar-refractivity contribution in [3.63, 3.8) is 0 Å². The lowest BCUT2D eigenvalue weighted by Gasteiger charge is -2.21. The molecule has 28 heavy (non-hydrogen) atoms. The van der Waals surface area contributed by atoms with Crippen LogP contribution in [0.5, 0.6) is 11.5 Å². The van der Waals surface area contributed by atoms with Crippen LogP contribution in [0.15, 0.2) is 24.3 Å². The van der Waals surface area contributed by atoms with Crippen molar-refractivity contribution in [2.75, 3.05) is 19.8 Å². The molecular weight excluding hydrogens is 364 g/mol. The number of hydrogen-bond donors (Lipinski definition) is 2. The Hall–Kier alpha value is -3.00. The predicted molar refractivity (Wildman–Crippen MR) is 99.3 cm³/mol. The van der Waals surface area contributed by atoms with Crippen molar-refractivity contribution in [1.82, 2.24) is 9.47 Å². The minimum atomic E-state index is -1.11. The molecule has 0 radical (unpaired) electrons. The second-order valence-corrected chi connectivity index (χ2v) is 7.15. The van der Waals surface area contributed by atoms with E-state index in [0.29, 0.717) is 36.0 Å². The number of aliphatic carboxylic acids is 1. The standard InChI is InChI=1S/C20H22N2O6/c1-11-7-15(19(24)21-10-14(23)9-16(21)20(25)26)12(2)22(11)13-3-4-17-18(8-13)28-6-5-27-17/h3-4,7-8,14,16,23H,5-6,9-10H2,1-2H3,(H,25,26)/t14-,16-/m0/s1. The first-order valence-electron chi connectivity index (χ1n) is 9.17. The molecule has 0 bridgehead atoms. The fraction of sp³-hybridized carbons (Fsp3) is 0.400. The first-order valence-corrected chi connectivity index (χ1v) is 9.17. The molecule has 1 aromatic carbocycles. The minimum absolute atomic E-state index is 0.0174. The molecule has 1 amide bonds. The van der Waals surface area contributed by atoms with Crippen LogP contribution in [-0.4, -0.2) is 63.5 Å². The van der Waals surface area contributed by atoms with Gasteiger partial charge in [-0.15, -0.1) is 0 Å². The molecule has 0 spiro atoms. The molecule has 0 saturated carbocycles. The summed E-state index contributed by atoms with van der Waals surface area (Å²) >= 11 is 0. The molecule has 8 heteroatoms. The monoisotopic (exact) mass is 386 g/mol. The second-order valence-electron chi connectivity index (χ2n) is 7.15. The van der Waals surface area contributed by atoms with Crippen molar-refractivity contribution in [3.05, 3.63) is 41.2 Å². The van der Waals surface area contributed by atoms with Crippen LogP contribution in [0.1, 0.15) is 28.2 Å². The van der Waals surface area contributed by atoms with E-state index in [-0.39, 0.29) is 18.9 Å². The van der Waals surface area contributed by atoms with Gasteiger partial charge in [-0.2, -0.15) is 0 Å². The zero-order chi connectivity index (χ0) is 20.0. The molecule has 4 rings (SSSR count). The molecule has 8 nitrogen and oxygen atoms in total. The van der Waals surface area contributed by atoms with Gasteiger partial charge in [-0.25, -0.2) is 4.79 Å². The molecule has 1 aromatic heterocycles. The van der Waals surface area contributed by atoms with Gasteiger partial charge in [0.2, 0.25) is 0 Å². The van der Waals surface area contributed by atoms with Gasteiger partial charge in [0.1, 0.15) is 19.3 Å². The van der Waals surface area contributed by atoms with E-state index in [1.165, 1.54) is 4.90 Å². The van der Waals surface area contributed by atoms with Crippen molar-refractivity contribution in [2.24, 2.45) is 0 Å². The summed E-state index contributed by atoms with van der Waals surface area (Å²) in [5, 5.41) is 19.2. The number of aliphatic hydroxyl groups is 1.